The van der Waals surface area contributed by atoms with Crippen LogP contribution >= 0.6 is 0 Å². The topological polar surface area (TPSA) is 96.4 Å². The predicted octanol–water partition coefficient (Wildman–Crippen LogP) is 2.49. The van der Waals surface area contributed by atoms with Crippen molar-refractivity contribution in [2.75, 3.05) is 26.2 Å². The molecule has 8 heteroatoms. The summed E-state index contributed by atoms with van der Waals surface area (Å²) in [5.41, 5.74) is -0.867. The van der Waals surface area contributed by atoms with E-state index in [0.717, 1.165) is 0 Å². The number of piperidine rings is 1. The molecule has 0 radical (unpaired) electrons. The Bertz CT molecular complexity index is 575. The molecule has 0 aromatic carbocycles. The first-order chi connectivity index (χ1) is 12.1. The van der Waals surface area contributed by atoms with Gasteiger partial charge in [-0.1, -0.05) is 12.7 Å². The highest BCUT2D eigenvalue weighted by Crippen LogP contribution is 2.43. The number of carbonyl (C=O) groups is 3. The number of nitrogens with zero attached hydrogens (tertiary/aromatic N) is 2. The van der Waals surface area contributed by atoms with E-state index in [0.29, 0.717) is 38.9 Å². The maximum absolute atomic E-state index is 12.2. The highest BCUT2D eigenvalue weighted by Gasteiger charge is 2.51. The van der Waals surface area contributed by atoms with Crippen molar-refractivity contribution in [1.29, 1.82) is 0 Å². The summed E-state index contributed by atoms with van der Waals surface area (Å²) in [5.74, 6) is -1.04. The van der Waals surface area contributed by atoms with Gasteiger partial charge in [-0.25, -0.2) is 14.4 Å². The van der Waals surface area contributed by atoms with Crippen LogP contribution in [0.5, 0.6) is 0 Å². The maximum Gasteiger partial charge on any atom is 0.410 e. The lowest BCUT2D eigenvalue weighted by atomic mass is 9.76. The van der Waals surface area contributed by atoms with E-state index in [9.17, 15) is 19.5 Å². The highest BCUT2D eigenvalue weighted by atomic mass is 16.6. The Morgan fingerprint density at radius 2 is 1.85 bits per heavy atom. The summed E-state index contributed by atoms with van der Waals surface area (Å²) in [6.45, 7) is 10.3. The predicted molar refractivity (Wildman–Crippen MR) is 93.8 cm³/mol. The molecule has 2 amide bonds. The Hall–Kier alpha value is -2.25. The van der Waals surface area contributed by atoms with Gasteiger partial charge in [-0.05, 0) is 45.4 Å². The summed E-state index contributed by atoms with van der Waals surface area (Å²) in [4.78, 5) is 38.9. The smallest absolute Gasteiger partial charge is 0.410 e. The first-order valence-electron chi connectivity index (χ1n) is 8.82. The van der Waals surface area contributed by atoms with Gasteiger partial charge in [-0.3, -0.25) is 4.90 Å². The molecule has 2 aliphatic rings. The third-order valence-corrected chi connectivity index (χ3v) is 4.83. The zero-order valence-electron chi connectivity index (χ0n) is 15.7. The summed E-state index contributed by atoms with van der Waals surface area (Å²) >= 11 is 0. The van der Waals surface area contributed by atoms with E-state index in [1.54, 1.807) is 4.90 Å². The second-order valence-electron chi connectivity index (χ2n) is 8.02. The van der Waals surface area contributed by atoms with Gasteiger partial charge < -0.3 is 19.5 Å². The van der Waals surface area contributed by atoms with Gasteiger partial charge in [0.05, 0.1) is 0 Å². The lowest BCUT2D eigenvalue weighted by Gasteiger charge is -2.39. The molecular weight excluding hydrogens is 340 g/mol. The normalized spacial score (nSPS) is 22.2. The number of likely N-dealkylation sites (tertiary alicyclic amines) is 2. The molecule has 2 aliphatic heterocycles. The standard InChI is InChI=1S/C18H28N2O6/c1-5-10-25-16(24)20-12-18(11-13(20)14(21)22)6-8-19(9-7-18)15(23)26-17(2,3)4/h5,13H,1,6-12H2,2-4H3,(H,21,22)/t13-/m1/s1. The van der Waals surface area contributed by atoms with Crippen molar-refractivity contribution in [3.05, 3.63) is 12.7 Å². The highest BCUT2D eigenvalue weighted by molar-refractivity contribution is 5.81. The minimum atomic E-state index is -1.04. The molecule has 0 bridgehead atoms. The molecule has 2 rings (SSSR count). The van der Waals surface area contributed by atoms with Gasteiger partial charge in [0.15, 0.2) is 0 Å². The number of aliphatic carboxylic acids is 1. The van der Waals surface area contributed by atoms with E-state index in [1.807, 2.05) is 20.8 Å². The summed E-state index contributed by atoms with van der Waals surface area (Å²) in [5, 5.41) is 9.49. The van der Waals surface area contributed by atoms with Crippen LogP contribution in [0.15, 0.2) is 12.7 Å². The molecule has 1 atom stereocenters. The summed E-state index contributed by atoms with van der Waals surface area (Å²) in [6, 6.07) is -0.902. The number of hydrogen-bond donors (Lipinski definition) is 1. The number of amides is 2. The van der Waals surface area contributed by atoms with Crippen LogP contribution in [0.1, 0.15) is 40.0 Å². The fourth-order valence-corrected chi connectivity index (χ4v) is 3.53. The van der Waals surface area contributed by atoms with Crippen molar-refractivity contribution in [2.45, 2.75) is 51.7 Å². The molecule has 0 saturated carbocycles. The molecule has 26 heavy (non-hydrogen) atoms. The van der Waals surface area contributed by atoms with Gasteiger partial charge in [0.25, 0.3) is 0 Å². The van der Waals surface area contributed by atoms with Crippen LogP contribution in [0.3, 0.4) is 0 Å². The average molecular weight is 368 g/mol. The molecule has 2 heterocycles. The minimum Gasteiger partial charge on any atom is -0.480 e. The number of carboxylic acid groups (broad SMARTS) is 1. The molecule has 8 nitrogen and oxygen atoms in total. The van der Waals surface area contributed by atoms with Crippen LogP contribution in [-0.4, -0.2) is 70.9 Å². The van der Waals surface area contributed by atoms with Crippen molar-refractivity contribution in [3.63, 3.8) is 0 Å². The van der Waals surface area contributed by atoms with E-state index in [2.05, 4.69) is 6.58 Å². The molecular formula is C18H28N2O6. The van der Waals surface area contributed by atoms with Gasteiger partial charge in [-0.15, -0.1) is 0 Å². The first kappa shape index (κ1) is 20.1. The Labute approximate surface area is 153 Å². The zero-order valence-corrected chi connectivity index (χ0v) is 15.7. The number of ether oxygens (including phenoxy) is 2. The second kappa shape index (κ2) is 7.55. The van der Waals surface area contributed by atoms with Crippen molar-refractivity contribution < 1.29 is 29.0 Å². The van der Waals surface area contributed by atoms with Crippen LogP contribution in [0.25, 0.3) is 0 Å². The number of carboxylic acids is 1. The first-order valence-corrected chi connectivity index (χ1v) is 8.82. The molecule has 1 N–H and O–H groups in total. The summed E-state index contributed by atoms with van der Waals surface area (Å²) < 4.78 is 10.4. The van der Waals surface area contributed by atoms with Crippen molar-refractivity contribution in [3.8, 4) is 0 Å². The Kier molecular flexibility index (Phi) is 5.83. The zero-order chi connectivity index (χ0) is 19.5. The molecule has 0 unspecified atom stereocenters. The van der Waals surface area contributed by atoms with Crippen LogP contribution in [0.4, 0.5) is 9.59 Å². The van der Waals surface area contributed by atoms with Gasteiger partial charge in [-0.2, -0.15) is 0 Å². The van der Waals surface area contributed by atoms with E-state index < -0.39 is 23.7 Å². The van der Waals surface area contributed by atoms with E-state index >= 15 is 0 Å². The van der Waals surface area contributed by atoms with Gasteiger partial charge in [0.1, 0.15) is 18.2 Å². The number of rotatable bonds is 3. The van der Waals surface area contributed by atoms with Gasteiger partial charge >= 0.3 is 18.2 Å². The lowest BCUT2D eigenvalue weighted by Crippen LogP contribution is -2.46. The molecule has 0 aliphatic carbocycles. The monoisotopic (exact) mass is 368 g/mol. The van der Waals surface area contributed by atoms with Crippen molar-refractivity contribution in [1.82, 2.24) is 9.80 Å². The van der Waals surface area contributed by atoms with Gasteiger partial charge in [0, 0.05) is 19.6 Å². The third-order valence-electron chi connectivity index (χ3n) is 4.83. The van der Waals surface area contributed by atoms with Crippen molar-refractivity contribution in [2.24, 2.45) is 5.41 Å². The summed E-state index contributed by atoms with van der Waals surface area (Å²) in [7, 11) is 0. The van der Waals surface area contributed by atoms with Gasteiger partial charge in [0.2, 0.25) is 0 Å². The van der Waals surface area contributed by atoms with Crippen molar-refractivity contribution >= 4 is 18.2 Å². The quantitative estimate of drug-likeness (QED) is 0.769. The van der Waals surface area contributed by atoms with E-state index in [4.69, 9.17) is 9.47 Å². The van der Waals surface area contributed by atoms with E-state index in [-0.39, 0.29) is 18.1 Å². The number of hydrogen-bond acceptors (Lipinski definition) is 5. The second-order valence-corrected chi connectivity index (χ2v) is 8.02. The minimum absolute atomic E-state index is 0.0428. The lowest BCUT2D eigenvalue weighted by molar-refractivity contribution is -0.141. The van der Waals surface area contributed by atoms with Crippen LogP contribution in [-0.2, 0) is 14.3 Å². The fraction of sp³-hybridized carbons (Fsp3) is 0.722. The van der Waals surface area contributed by atoms with Crippen LogP contribution in [0.2, 0.25) is 0 Å². The molecule has 2 fully saturated rings. The SMILES string of the molecule is C=CCOC(=O)N1CC2(CCN(C(=O)OC(C)(C)C)CC2)C[C@@H]1C(=O)O. The maximum atomic E-state index is 12.2. The fourth-order valence-electron chi connectivity index (χ4n) is 3.53. The van der Waals surface area contributed by atoms with Crippen LogP contribution < -0.4 is 0 Å². The molecule has 0 aromatic heterocycles. The average Bonchev–Trinajstić information content (AvgIpc) is 2.91. The van der Waals surface area contributed by atoms with E-state index in [1.165, 1.54) is 11.0 Å². The molecule has 0 aromatic rings. The Morgan fingerprint density at radius 1 is 1.23 bits per heavy atom. The third kappa shape index (κ3) is 4.68. The number of carbonyl (C=O) groups excluding carboxylic acids is 2. The Morgan fingerprint density at radius 3 is 2.35 bits per heavy atom. The molecule has 1 spiro atoms. The van der Waals surface area contributed by atoms with Crippen LogP contribution in [0, 0.1) is 5.41 Å². The summed E-state index contributed by atoms with van der Waals surface area (Å²) in [6.07, 6.45) is 2.07. The largest absolute Gasteiger partial charge is 0.480 e. The molecule has 146 valence electrons. The molecule has 2 saturated heterocycles. The Balaban J connectivity index is 2.01.